The Balaban J connectivity index is 2.23. The first-order valence-electron chi connectivity index (χ1n) is 5.66. The molecule has 0 aliphatic carbocycles. The molecule has 0 aromatic carbocycles. The van der Waals surface area contributed by atoms with Crippen molar-refractivity contribution >= 4 is 5.95 Å². The highest BCUT2D eigenvalue weighted by Gasteiger charge is 2.32. The van der Waals surface area contributed by atoms with Gasteiger partial charge in [-0.3, -0.25) is 0 Å². The van der Waals surface area contributed by atoms with Crippen LogP contribution >= 0.6 is 0 Å². The minimum atomic E-state index is 0.220. The number of aliphatic hydroxyl groups excluding tert-OH is 1. The molecule has 1 aromatic rings. The van der Waals surface area contributed by atoms with Crippen LogP contribution in [0.4, 0.5) is 5.95 Å². The van der Waals surface area contributed by atoms with Crippen molar-refractivity contribution in [2.24, 2.45) is 5.92 Å². The molecule has 2 heterocycles. The molecule has 84 valence electrons. The van der Waals surface area contributed by atoms with Crippen molar-refractivity contribution in [1.82, 2.24) is 9.55 Å². The number of imidazole rings is 1. The molecule has 1 aliphatic rings. The third-order valence-electron chi connectivity index (χ3n) is 3.36. The number of hydrogen-bond donors (Lipinski definition) is 1. The van der Waals surface area contributed by atoms with Crippen LogP contribution in [0.3, 0.4) is 0 Å². The van der Waals surface area contributed by atoms with Crippen LogP contribution in [0.1, 0.15) is 20.3 Å². The number of rotatable bonds is 3. The Bertz CT molecular complexity index is 323. The molecule has 0 saturated carbocycles. The molecule has 2 rings (SSSR count). The number of aryl methyl sites for hydroxylation is 1. The molecule has 15 heavy (non-hydrogen) atoms. The minimum Gasteiger partial charge on any atom is -0.394 e. The molecule has 1 N–H and O–H groups in total. The Morgan fingerprint density at radius 1 is 1.60 bits per heavy atom. The zero-order valence-electron chi connectivity index (χ0n) is 9.43. The van der Waals surface area contributed by atoms with Gasteiger partial charge in [0, 0.05) is 25.5 Å². The van der Waals surface area contributed by atoms with Crippen LogP contribution in [0.2, 0.25) is 0 Å². The lowest BCUT2D eigenvalue weighted by Gasteiger charge is -2.26. The molecule has 0 amide bonds. The summed E-state index contributed by atoms with van der Waals surface area (Å²) in [6, 6.07) is 0.234. The molecule has 0 spiro atoms. The van der Waals surface area contributed by atoms with Gasteiger partial charge in [0.1, 0.15) is 0 Å². The Hall–Kier alpha value is -1.03. The third kappa shape index (κ3) is 1.74. The number of aromatic nitrogens is 2. The Morgan fingerprint density at radius 2 is 2.40 bits per heavy atom. The van der Waals surface area contributed by atoms with Gasteiger partial charge in [-0.25, -0.2) is 4.98 Å². The van der Waals surface area contributed by atoms with E-state index in [2.05, 4.69) is 28.3 Å². The SMILES string of the molecule is CCn1ccnc1N1CCC(C)C1CO. The minimum absolute atomic E-state index is 0.220. The van der Waals surface area contributed by atoms with Gasteiger partial charge in [-0.15, -0.1) is 0 Å². The van der Waals surface area contributed by atoms with E-state index in [1.165, 1.54) is 0 Å². The van der Waals surface area contributed by atoms with Gasteiger partial charge in [-0.1, -0.05) is 6.92 Å². The van der Waals surface area contributed by atoms with Gasteiger partial charge in [0.25, 0.3) is 0 Å². The van der Waals surface area contributed by atoms with E-state index in [0.717, 1.165) is 25.5 Å². The Labute approximate surface area is 90.5 Å². The van der Waals surface area contributed by atoms with E-state index >= 15 is 0 Å². The highest BCUT2D eigenvalue weighted by molar-refractivity contribution is 5.35. The summed E-state index contributed by atoms with van der Waals surface area (Å²) >= 11 is 0. The molecule has 2 atom stereocenters. The average Bonchev–Trinajstić information content (AvgIpc) is 2.82. The Kier molecular flexibility index (Phi) is 2.95. The second-order valence-electron chi connectivity index (χ2n) is 4.22. The zero-order valence-corrected chi connectivity index (χ0v) is 9.43. The molecule has 4 heteroatoms. The summed E-state index contributed by atoms with van der Waals surface area (Å²) in [6.45, 7) is 6.46. The fraction of sp³-hybridized carbons (Fsp3) is 0.727. The number of aliphatic hydroxyl groups is 1. The van der Waals surface area contributed by atoms with E-state index in [1.807, 2.05) is 12.4 Å². The van der Waals surface area contributed by atoms with Crippen LogP contribution in [0.15, 0.2) is 12.4 Å². The van der Waals surface area contributed by atoms with E-state index in [9.17, 15) is 5.11 Å². The first-order valence-corrected chi connectivity index (χ1v) is 5.66. The molecule has 1 fully saturated rings. The van der Waals surface area contributed by atoms with Crippen LogP contribution in [-0.4, -0.2) is 33.9 Å². The predicted octanol–water partition coefficient (Wildman–Crippen LogP) is 1.11. The van der Waals surface area contributed by atoms with Crippen molar-refractivity contribution < 1.29 is 5.11 Å². The maximum atomic E-state index is 9.39. The molecule has 1 aromatic heterocycles. The molecule has 0 bridgehead atoms. The van der Waals surface area contributed by atoms with Crippen LogP contribution < -0.4 is 4.90 Å². The largest absolute Gasteiger partial charge is 0.394 e. The van der Waals surface area contributed by atoms with E-state index in [-0.39, 0.29) is 12.6 Å². The zero-order chi connectivity index (χ0) is 10.8. The lowest BCUT2D eigenvalue weighted by molar-refractivity contribution is 0.243. The first kappa shape index (κ1) is 10.5. The van der Waals surface area contributed by atoms with Crippen molar-refractivity contribution in [3.8, 4) is 0 Å². The van der Waals surface area contributed by atoms with Crippen LogP contribution in [0.5, 0.6) is 0 Å². The van der Waals surface area contributed by atoms with Crippen molar-refractivity contribution in [1.29, 1.82) is 0 Å². The van der Waals surface area contributed by atoms with Crippen LogP contribution in [0, 0.1) is 5.92 Å². The molecule has 2 unspecified atom stereocenters. The fourth-order valence-electron chi connectivity index (χ4n) is 2.34. The average molecular weight is 209 g/mol. The molecule has 1 aliphatic heterocycles. The van der Waals surface area contributed by atoms with E-state index in [0.29, 0.717) is 5.92 Å². The maximum Gasteiger partial charge on any atom is 0.205 e. The smallest absolute Gasteiger partial charge is 0.205 e. The van der Waals surface area contributed by atoms with Crippen molar-refractivity contribution in [3.63, 3.8) is 0 Å². The number of anilines is 1. The first-order chi connectivity index (χ1) is 7.27. The monoisotopic (exact) mass is 209 g/mol. The number of nitrogens with zero attached hydrogens (tertiary/aromatic N) is 3. The summed E-state index contributed by atoms with van der Waals surface area (Å²) in [5.74, 6) is 1.55. The molecule has 1 saturated heterocycles. The van der Waals surface area contributed by atoms with Crippen molar-refractivity contribution in [2.45, 2.75) is 32.9 Å². The molecule has 0 radical (unpaired) electrons. The second kappa shape index (κ2) is 4.23. The topological polar surface area (TPSA) is 41.3 Å². The summed E-state index contributed by atoms with van der Waals surface area (Å²) in [5.41, 5.74) is 0. The van der Waals surface area contributed by atoms with Crippen LogP contribution in [-0.2, 0) is 6.54 Å². The molecular formula is C11H19N3O. The van der Waals surface area contributed by atoms with Gasteiger partial charge < -0.3 is 14.6 Å². The summed E-state index contributed by atoms with van der Waals surface area (Å²) < 4.78 is 2.13. The fourth-order valence-corrected chi connectivity index (χ4v) is 2.34. The van der Waals surface area contributed by atoms with Gasteiger partial charge in [0.05, 0.1) is 12.6 Å². The van der Waals surface area contributed by atoms with Crippen molar-refractivity contribution in [2.75, 3.05) is 18.1 Å². The van der Waals surface area contributed by atoms with Gasteiger partial charge in [-0.05, 0) is 19.3 Å². The second-order valence-corrected chi connectivity index (χ2v) is 4.22. The summed E-state index contributed by atoms with van der Waals surface area (Å²) in [5, 5.41) is 9.39. The van der Waals surface area contributed by atoms with Gasteiger partial charge in [-0.2, -0.15) is 0 Å². The highest BCUT2D eigenvalue weighted by atomic mass is 16.3. The summed E-state index contributed by atoms with van der Waals surface area (Å²) in [7, 11) is 0. The molecular weight excluding hydrogens is 190 g/mol. The van der Waals surface area contributed by atoms with Gasteiger partial charge in [0.15, 0.2) is 0 Å². The number of hydrogen-bond acceptors (Lipinski definition) is 3. The van der Waals surface area contributed by atoms with Gasteiger partial charge in [0.2, 0.25) is 5.95 Å². The van der Waals surface area contributed by atoms with Crippen LogP contribution in [0.25, 0.3) is 0 Å². The van der Waals surface area contributed by atoms with Gasteiger partial charge >= 0.3 is 0 Å². The van der Waals surface area contributed by atoms with Crippen molar-refractivity contribution in [3.05, 3.63) is 12.4 Å². The summed E-state index contributed by atoms with van der Waals surface area (Å²) in [4.78, 5) is 6.61. The van der Waals surface area contributed by atoms with E-state index < -0.39 is 0 Å². The highest BCUT2D eigenvalue weighted by Crippen LogP contribution is 2.28. The quantitative estimate of drug-likeness (QED) is 0.810. The predicted molar refractivity (Wildman–Crippen MR) is 59.9 cm³/mol. The lowest BCUT2D eigenvalue weighted by Crippen LogP contribution is -2.36. The lowest BCUT2D eigenvalue weighted by atomic mass is 10.0. The third-order valence-corrected chi connectivity index (χ3v) is 3.36. The maximum absolute atomic E-state index is 9.39. The van der Waals surface area contributed by atoms with E-state index in [1.54, 1.807) is 0 Å². The van der Waals surface area contributed by atoms with E-state index in [4.69, 9.17) is 0 Å². The Morgan fingerprint density at radius 3 is 3.07 bits per heavy atom. The molecule has 4 nitrogen and oxygen atoms in total. The standard InChI is InChI=1S/C11H19N3O/c1-3-13-7-5-12-11(13)14-6-4-9(2)10(14)8-15/h5,7,9-10,15H,3-4,6,8H2,1-2H3. The summed E-state index contributed by atoms with van der Waals surface area (Å²) in [6.07, 6.45) is 4.96. The normalized spacial score (nSPS) is 26.2.